The Labute approximate surface area is 173 Å². The van der Waals surface area contributed by atoms with Crippen LogP contribution in [0.4, 0.5) is 0 Å². The number of amides is 3. The van der Waals surface area contributed by atoms with Crippen LogP contribution >= 0.6 is 0 Å². The van der Waals surface area contributed by atoms with E-state index in [1.165, 1.54) is 12.8 Å². The van der Waals surface area contributed by atoms with Crippen LogP contribution in [-0.4, -0.2) is 42.3 Å². The molecule has 0 unspecified atom stereocenters. The molecule has 1 heterocycles. The fourth-order valence-corrected chi connectivity index (χ4v) is 7.66. The average molecular weight is 402 g/mol. The van der Waals surface area contributed by atoms with Gasteiger partial charge in [-0.25, -0.2) is 0 Å². The molecule has 3 fully saturated rings. The quantitative estimate of drug-likeness (QED) is 0.757. The van der Waals surface area contributed by atoms with E-state index in [2.05, 4.69) is 25.2 Å². The van der Waals surface area contributed by atoms with Gasteiger partial charge in [-0.2, -0.15) is 0 Å². The molecule has 6 heteroatoms. The second-order valence-electron chi connectivity index (χ2n) is 10.4. The number of nitrogens with zero attached hydrogens (tertiary/aromatic N) is 1. The van der Waals surface area contributed by atoms with Gasteiger partial charge in [0, 0.05) is 24.9 Å². The van der Waals surface area contributed by atoms with Gasteiger partial charge in [-0.05, 0) is 73.7 Å². The third-order valence-electron chi connectivity index (χ3n) is 9.22. The summed E-state index contributed by atoms with van der Waals surface area (Å²) in [4.78, 5) is 37.5. The number of likely N-dealkylation sites (N-methyl/N-ethyl adjacent to an activating group) is 1. The summed E-state index contributed by atoms with van der Waals surface area (Å²) in [7, 11) is 1.96. The second-order valence-corrected chi connectivity index (χ2v) is 10.4. The highest BCUT2D eigenvalue weighted by atomic mass is 16.2. The fraction of sp³-hybridized carbons (Fsp3) is 0.783. The summed E-state index contributed by atoms with van der Waals surface area (Å²) in [5.74, 6) is 1.87. The molecule has 3 aliphatic carbocycles. The van der Waals surface area contributed by atoms with Crippen molar-refractivity contribution in [3.63, 3.8) is 0 Å². The molecule has 0 aromatic rings. The lowest BCUT2D eigenvalue weighted by Gasteiger charge is -2.60. The highest BCUT2D eigenvalue weighted by Crippen LogP contribution is 2.65. The van der Waals surface area contributed by atoms with Crippen LogP contribution in [0.1, 0.15) is 58.8 Å². The van der Waals surface area contributed by atoms with E-state index in [0.29, 0.717) is 36.1 Å². The molecule has 0 saturated heterocycles. The molecule has 0 aromatic heterocycles. The Morgan fingerprint density at radius 1 is 1.17 bits per heavy atom. The van der Waals surface area contributed by atoms with Crippen LogP contribution in [0.3, 0.4) is 0 Å². The standard InChI is InChI=1S/C23H35N3O3/c1-22-10-8-17-15(5-7-18-23(17,2)11-9-21(29)26(18)3)16(22)6-4-14(22)12-20(28)25-13-19(24)27/h9,11,14-18H,4-8,10,12-13H2,1-3H3,(H2,24,27)(H,25,28)/t14-,15+,16+,17+,18-,22-,23-/m1/s1. The number of carbonyl (C=O) groups is 3. The molecule has 4 rings (SSSR count). The van der Waals surface area contributed by atoms with Crippen LogP contribution in [0.2, 0.25) is 0 Å². The van der Waals surface area contributed by atoms with E-state index in [1.54, 1.807) is 6.08 Å². The highest BCUT2D eigenvalue weighted by molar-refractivity contribution is 5.89. The Kier molecular flexibility index (Phi) is 5.02. The smallest absolute Gasteiger partial charge is 0.246 e. The van der Waals surface area contributed by atoms with Crippen LogP contribution in [-0.2, 0) is 14.4 Å². The van der Waals surface area contributed by atoms with Gasteiger partial charge in [0.25, 0.3) is 0 Å². The van der Waals surface area contributed by atoms with Crippen molar-refractivity contribution < 1.29 is 14.4 Å². The predicted molar refractivity (Wildman–Crippen MR) is 110 cm³/mol. The molecular weight excluding hydrogens is 366 g/mol. The van der Waals surface area contributed by atoms with Crippen LogP contribution in [0.25, 0.3) is 0 Å². The Hall–Kier alpha value is -1.85. The number of nitrogens with one attached hydrogen (secondary N) is 1. The number of hydrogen-bond donors (Lipinski definition) is 2. The lowest BCUT2D eigenvalue weighted by atomic mass is 9.47. The molecule has 3 N–H and O–H groups in total. The van der Waals surface area contributed by atoms with E-state index in [9.17, 15) is 14.4 Å². The molecule has 3 amide bonds. The van der Waals surface area contributed by atoms with E-state index in [-0.39, 0.29) is 29.2 Å². The van der Waals surface area contributed by atoms with Crippen LogP contribution in [0.5, 0.6) is 0 Å². The summed E-state index contributed by atoms with van der Waals surface area (Å²) in [6.45, 7) is 4.68. The Balaban J connectivity index is 1.51. The number of primary amides is 1. The highest BCUT2D eigenvalue weighted by Gasteiger charge is 2.60. The van der Waals surface area contributed by atoms with Crippen molar-refractivity contribution in [2.24, 2.45) is 40.2 Å². The number of fused-ring (bicyclic) bond motifs is 5. The van der Waals surface area contributed by atoms with E-state index >= 15 is 0 Å². The predicted octanol–water partition coefficient (Wildman–Crippen LogP) is 2.23. The van der Waals surface area contributed by atoms with Crippen molar-refractivity contribution in [3.8, 4) is 0 Å². The first kappa shape index (κ1) is 20.4. The van der Waals surface area contributed by atoms with Crippen molar-refractivity contribution in [1.82, 2.24) is 10.2 Å². The number of carbonyl (C=O) groups excluding carboxylic acids is 3. The molecule has 29 heavy (non-hydrogen) atoms. The van der Waals surface area contributed by atoms with Gasteiger partial charge in [0.1, 0.15) is 0 Å². The van der Waals surface area contributed by atoms with Gasteiger partial charge >= 0.3 is 0 Å². The molecule has 6 nitrogen and oxygen atoms in total. The van der Waals surface area contributed by atoms with Crippen LogP contribution < -0.4 is 11.1 Å². The number of nitrogens with two attached hydrogens (primary N) is 1. The molecule has 3 saturated carbocycles. The Morgan fingerprint density at radius 2 is 1.93 bits per heavy atom. The van der Waals surface area contributed by atoms with Crippen molar-refractivity contribution in [1.29, 1.82) is 0 Å². The third kappa shape index (κ3) is 3.19. The van der Waals surface area contributed by atoms with Crippen molar-refractivity contribution >= 4 is 17.7 Å². The van der Waals surface area contributed by atoms with Crippen molar-refractivity contribution in [2.75, 3.05) is 13.6 Å². The molecule has 1 aliphatic heterocycles. The Bertz CT molecular complexity index is 750. The van der Waals surface area contributed by atoms with Crippen LogP contribution in [0.15, 0.2) is 12.2 Å². The maximum Gasteiger partial charge on any atom is 0.246 e. The second kappa shape index (κ2) is 7.13. The topological polar surface area (TPSA) is 92.5 Å². The first-order chi connectivity index (χ1) is 13.7. The van der Waals surface area contributed by atoms with Gasteiger partial charge in [-0.3, -0.25) is 14.4 Å². The zero-order valence-corrected chi connectivity index (χ0v) is 17.9. The minimum absolute atomic E-state index is 0.0520. The first-order valence-corrected chi connectivity index (χ1v) is 11.2. The molecule has 0 spiro atoms. The molecule has 4 aliphatic rings. The monoisotopic (exact) mass is 401 g/mol. The van der Waals surface area contributed by atoms with Gasteiger partial charge in [-0.15, -0.1) is 0 Å². The summed E-state index contributed by atoms with van der Waals surface area (Å²) in [5, 5.41) is 2.67. The summed E-state index contributed by atoms with van der Waals surface area (Å²) in [6.07, 6.45) is 11.3. The minimum atomic E-state index is -0.497. The SMILES string of the molecule is CN1C(=O)C=C[C@]2(C)[C@H]3CC[C@]4(C)[C@@H](CC(=O)NCC(N)=O)CC[C@H]4[C@@H]3CC[C@@H]12. The molecule has 160 valence electrons. The lowest BCUT2D eigenvalue weighted by Crippen LogP contribution is -2.59. The summed E-state index contributed by atoms with van der Waals surface area (Å²) >= 11 is 0. The van der Waals surface area contributed by atoms with Gasteiger partial charge < -0.3 is 16.0 Å². The summed E-state index contributed by atoms with van der Waals surface area (Å²) in [5.41, 5.74) is 5.40. The fourth-order valence-electron chi connectivity index (χ4n) is 7.66. The van der Waals surface area contributed by atoms with Gasteiger partial charge in [-0.1, -0.05) is 19.9 Å². The molecule has 7 atom stereocenters. The maximum atomic E-state index is 12.3. The normalized spacial score (nSPS) is 43.3. The molecule has 0 radical (unpaired) electrons. The largest absolute Gasteiger partial charge is 0.368 e. The molecule has 0 aromatic carbocycles. The summed E-state index contributed by atoms with van der Waals surface area (Å²) < 4.78 is 0. The lowest BCUT2D eigenvalue weighted by molar-refractivity contribution is -0.139. The van der Waals surface area contributed by atoms with Gasteiger partial charge in [0.2, 0.25) is 17.7 Å². The van der Waals surface area contributed by atoms with E-state index < -0.39 is 5.91 Å². The van der Waals surface area contributed by atoms with E-state index in [0.717, 1.165) is 25.7 Å². The van der Waals surface area contributed by atoms with Crippen molar-refractivity contribution in [2.45, 2.75) is 64.8 Å². The zero-order valence-electron chi connectivity index (χ0n) is 17.9. The van der Waals surface area contributed by atoms with Gasteiger partial charge in [0.05, 0.1) is 6.54 Å². The molecular formula is C23H35N3O3. The number of hydrogen-bond acceptors (Lipinski definition) is 3. The van der Waals surface area contributed by atoms with E-state index in [1.807, 2.05) is 11.9 Å². The zero-order chi connectivity index (χ0) is 21.0. The average Bonchev–Trinajstić information content (AvgIpc) is 3.00. The Morgan fingerprint density at radius 3 is 2.66 bits per heavy atom. The van der Waals surface area contributed by atoms with E-state index in [4.69, 9.17) is 5.73 Å². The third-order valence-corrected chi connectivity index (χ3v) is 9.22. The maximum absolute atomic E-state index is 12.3. The number of rotatable bonds is 4. The van der Waals surface area contributed by atoms with Crippen molar-refractivity contribution in [3.05, 3.63) is 12.2 Å². The summed E-state index contributed by atoms with van der Waals surface area (Å²) in [6, 6.07) is 0.308. The van der Waals surface area contributed by atoms with Crippen LogP contribution in [0, 0.1) is 34.5 Å². The minimum Gasteiger partial charge on any atom is -0.368 e. The van der Waals surface area contributed by atoms with Gasteiger partial charge in [0.15, 0.2) is 0 Å². The molecule has 0 bridgehead atoms. The first-order valence-electron chi connectivity index (χ1n) is 11.2.